The van der Waals surface area contributed by atoms with Gasteiger partial charge in [-0.05, 0) is 62.7 Å². The van der Waals surface area contributed by atoms with Crippen LogP contribution in [0.25, 0.3) is 17.4 Å². The van der Waals surface area contributed by atoms with E-state index in [9.17, 15) is 24.3 Å². The highest BCUT2D eigenvalue weighted by atomic mass is 32.1. The zero-order chi connectivity index (χ0) is 33.0. The number of benzene rings is 2. The highest BCUT2D eigenvalue weighted by molar-refractivity contribution is 7.07. The minimum Gasteiger partial charge on any atom is -0.490 e. The van der Waals surface area contributed by atoms with Crippen molar-refractivity contribution in [2.75, 3.05) is 26.9 Å². The van der Waals surface area contributed by atoms with Crippen LogP contribution in [0.2, 0.25) is 0 Å². The van der Waals surface area contributed by atoms with E-state index in [0.717, 1.165) is 11.3 Å². The van der Waals surface area contributed by atoms with Crippen LogP contribution in [0.4, 0.5) is 0 Å². The number of aromatic carboxylic acids is 1. The van der Waals surface area contributed by atoms with Crippen molar-refractivity contribution in [3.63, 3.8) is 0 Å². The first kappa shape index (κ1) is 32.0. The minimum absolute atomic E-state index is 0.118. The van der Waals surface area contributed by atoms with Crippen molar-refractivity contribution in [3.05, 3.63) is 102 Å². The first-order chi connectivity index (χ1) is 22.1. The molecule has 46 heavy (non-hydrogen) atoms. The number of hydrogen-bond donors (Lipinski definition) is 1. The first-order valence-corrected chi connectivity index (χ1v) is 15.1. The summed E-state index contributed by atoms with van der Waals surface area (Å²) >= 11 is 1.13. The molecule has 3 heterocycles. The number of carboxylic acid groups (broad SMARTS) is 1. The van der Waals surface area contributed by atoms with Gasteiger partial charge >= 0.3 is 17.9 Å². The summed E-state index contributed by atoms with van der Waals surface area (Å²) < 4.78 is 29.1. The highest BCUT2D eigenvalue weighted by Crippen LogP contribution is 2.36. The number of esters is 2. The van der Waals surface area contributed by atoms with E-state index >= 15 is 0 Å². The molecule has 0 amide bonds. The topological polar surface area (TPSA) is 156 Å². The molecule has 0 bridgehead atoms. The molecule has 4 aromatic rings. The Balaban J connectivity index is 1.61. The molecule has 2 aromatic heterocycles. The lowest BCUT2D eigenvalue weighted by atomic mass is 9.95. The fraction of sp³-hybridized carbons (Fsp3) is 0.242. The second-order valence-corrected chi connectivity index (χ2v) is 10.9. The Morgan fingerprint density at radius 1 is 1.04 bits per heavy atom. The quantitative estimate of drug-likeness (QED) is 0.238. The third-order valence-electron chi connectivity index (χ3n) is 6.97. The third kappa shape index (κ3) is 6.49. The fourth-order valence-electron chi connectivity index (χ4n) is 4.91. The number of fused-ring (bicyclic) bond motifs is 1. The molecule has 238 valence electrons. The molecule has 1 atom stereocenters. The second-order valence-electron chi connectivity index (χ2n) is 9.89. The number of thiazole rings is 1. The van der Waals surface area contributed by atoms with Gasteiger partial charge in [0.25, 0.3) is 5.56 Å². The summed E-state index contributed by atoms with van der Waals surface area (Å²) in [5, 5.41) is 9.34. The van der Waals surface area contributed by atoms with Crippen LogP contribution in [0.5, 0.6) is 11.5 Å². The van der Waals surface area contributed by atoms with Gasteiger partial charge in [-0.2, -0.15) is 0 Å². The van der Waals surface area contributed by atoms with Crippen LogP contribution in [0.15, 0.2) is 80.1 Å². The van der Waals surface area contributed by atoms with Gasteiger partial charge in [-0.25, -0.2) is 19.4 Å². The smallest absolute Gasteiger partial charge is 0.343 e. The lowest BCUT2D eigenvalue weighted by Crippen LogP contribution is -2.40. The van der Waals surface area contributed by atoms with E-state index in [2.05, 4.69) is 9.73 Å². The van der Waals surface area contributed by atoms with Crippen LogP contribution in [0.3, 0.4) is 0 Å². The summed E-state index contributed by atoms with van der Waals surface area (Å²) in [5.41, 5.74) is 1.37. The maximum absolute atomic E-state index is 14.0. The Morgan fingerprint density at radius 3 is 2.57 bits per heavy atom. The standard InChI is InChI=1S/C33H30N2O10S/c1-5-42-25-15-20(10-12-24(25)44-17-27(36)41-4)29-28(32(40)43-6-2)18(3)34-33-35(29)30(37)26(46-33)16-22-11-13-23(45-22)19-8-7-9-21(14-19)31(38)39/h7-16,29H,5-6,17H2,1-4H3,(H,38,39)/b26-16+/t29-/m1/s1. The summed E-state index contributed by atoms with van der Waals surface area (Å²) in [7, 11) is 1.25. The number of methoxy groups -OCH3 is 1. The van der Waals surface area contributed by atoms with Gasteiger partial charge in [0, 0.05) is 11.6 Å². The Kier molecular flexibility index (Phi) is 9.52. The average molecular weight is 647 g/mol. The molecular formula is C33H30N2O10S. The van der Waals surface area contributed by atoms with Gasteiger partial charge < -0.3 is 28.5 Å². The summed E-state index contributed by atoms with van der Waals surface area (Å²) in [6.45, 7) is 5.22. The molecule has 0 fully saturated rings. The van der Waals surface area contributed by atoms with Gasteiger partial charge in [-0.3, -0.25) is 9.36 Å². The van der Waals surface area contributed by atoms with Gasteiger partial charge in [0.15, 0.2) is 22.9 Å². The number of carbonyl (C=O) groups is 3. The molecule has 0 unspecified atom stereocenters. The van der Waals surface area contributed by atoms with Gasteiger partial charge in [-0.15, -0.1) is 0 Å². The van der Waals surface area contributed by atoms with E-state index in [1.807, 2.05) is 0 Å². The summed E-state index contributed by atoms with van der Waals surface area (Å²) in [4.78, 5) is 55.3. The largest absolute Gasteiger partial charge is 0.490 e. The zero-order valence-corrected chi connectivity index (χ0v) is 26.2. The molecule has 1 N–H and O–H groups in total. The van der Waals surface area contributed by atoms with Crippen LogP contribution in [-0.4, -0.2) is 54.5 Å². The van der Waals surface area contributed by atoms with Crippen LogP contribution in [0, 0.1) is 0 Å². The van der Waals surface area contributed by atoms with Crippen molar-refractivity contribution in [2.24, 2.45) is 4.99 Å². The Hall–Kier alpha value is -5.43. The molecule has 0 saturated heterocycles. The maximum atomic E-state index is 14.0. The lowest BCUT2D eigenvalue weighted by molar-refractivity contribution is -0.143. The van der Waals surface area contributed by atoms with Crippen molar-refractivity contribution < 1.29 is 42.9 Å². The summed E-state index contributed by atoms with van der Waals surface area (Å²) in [5.74, 6) is -0.865. The summed E-state index contributed by atoms with van der Waals surface area (Å²) in [6, 6.07) is 13.7. The van der Waals surface area contributed by atoms with Crippen molar-refractivity contribution in [2.45, 2.75) is 26.8 Å². The van der Waals surface area contributed by atoms with Crippen LogP contribution >= 0.6 is 11.3 Å². The SMILES string of the molecule is CCOC(=O)C1=C(C)N=c2s/c(=C/c3ccc(-c4cccc(C(=O)O)c4)o3)c(=O)n2[C@@H]1c1ccc(OCC(=O)OC)c(OCC)c1. The van der Waals surface area contributed by atoms with Crippen LogP contribution in [0.1, 0.15) is 48.5 Å². The van der Waals surface area contributed by atoms with Crippen LogP contribution < -0.4 is 24.4 Å². The van der Waals surface area contributed by atoms with E-state index in [-0.39, 0.29) is 36.7 Å². The van der Waals surface area contributed by atoms with Crippen molar-refractivity contribution in [1.82, 2.24) is 4.57 Å². The van der Waals surface area contributed by atoms with E-state index in [1.54, 1.807) is 69.3 Å². The monoisotopic (exact) mass is 646 g/mol. The molecule has 1 aliphatic heterocycles. The fourth-order valence-corrected chi connectivity index (χ4v) is 5.93. The molecule has 0 aliphatic carbocycles. The van der Waals surface area contributed by atoms with E-state index < -0.39 is 29.5 Å². The molecule has 12 nitrogen and oxygen atoms in total. The number of allylic oxidation sites excluding steroid dienone is 1. The Morgan fingerprint density at radius 2 is 1.85 bits per heavy atom. The van der Waals surface area contributed by atoms with Gasteiger partial charge in [0.1, 0.15) is 11.5 Å². The van der Waals surface area contributed by atoms with Gasteiger partial charge in [0.2, 0.25) is 0 Å². The van der Waals surface area contributed by atoms with Gasteiger partial charge in [-0.1, -0.05) is 29.5 Å². The first-order valence-electron chi connectivity index (χ1n) is 14.2. The molecule has 0 spiro atoms. The van der Waals surface area contributed by atoms with Crippen LogP contribution in [-0.2, 0) is 19.1 Å². The molecule has 0 saturated carbocycles. The number of aromatic nitrogens is 1. The van der Waals surface area contributed by atoms with E-state index in [1.165, 1.54) is 23.8 Å². The maximum Gasteiger partial charge on any atom is 0.343 e. The number of carbonyl (C=O) groups excluding carboxylic acids is 2. The predicted octanol–water partition coefficient (Wildman–Crippen LogP) is 3.71. The predicted molar refractivity (Wildman–Crippen MR) is 167 cm³/mol. The molecular weight excluding hydrogens is 616 g/mol. The second kappa shape index (κ2) is 13.7. The van der Waals surface area contributed by atoms with Crippen molar-refractivity contribution in [1.29, 1.82) is 0 Å². The lowest BCUT2D eigenvalue weighted by Gasteiger charge is -2.25. The average Bonchev–Trinajstić information content (AvgIpc) is 3.63. The van der Waals surface area contributed by atoms with Crippen molar-refractivity contribution >= 4 is 35.3 Å². The molecule has 5 rings (SSSR count). The van der Waals surface area contributed by atoms with E-state index in [0.29, 0.717) is 43.4 Å². The Bertz CT molecular complexity index is 2030. The number of nitrogens with zero attached hydrogens (tertiary/aromatic N) is 2. The normalized spacial score (nSPS) is 14.3. The number of ether oxygens (including phenoxy) is 4. The minimum atomic E-state index is -1.06. The number of rotatable bonds is 11. The van der Waals surface area contributed by atoms with Gasteiger partial charge in [0.05, 0.1) is 47.7 Å². The number of hydrogen-bond acceptors (Lipinski definition) is 11. The molecule has 2 aromatic carbocycles. The highest BCUT2D eigenvalue weighted by Gasteiger charge is 2.34. The van der Waals surface area contributed by atoms with Crippen molar-refractivity contribution in [3.8, 4) is 22.8 Å². The zero-order valence-electron chi connectivity index (χ0n) is 25.4. The molecule has 1 aliphatic rings. The Labute approximate surface area is 266 Å². The summed E-state index contributed by atoms with van der Waals surface area (Å²) in [6.07, 6.45) is 1.57. The number of furan rings is 1. The number of carboxylic acids is 1. The molecule has 13 heteroatoms. The third-order valence-corrected chi connectivity index (χ3v) is 7.95. The molecule has 0 radical (unpaired) electrons. The van der Waals surface area contributed by atoms with E-state index in [4.69, 9.17) is 18.6 Å².